The number of benzene rings is 1. The molecule has 0 atom stereocenters. The molecule has 6 nitrogen and oxygen atoms in total. The lowest BCUT2D eigenvalue weighted by Gasteiger charge is -2.11. The molecule has 1 aromatic carbocycles. The van der Waals surface area contributed by atoms with Gasteiger partial charge in [0.1, 0.15) is 11.6 Å². The molecule has 0 unspecified atom stereocenters. The lowest BCUT2D eigenvalue weighted by Crippen LogP contribution is -2.36. The van der Waals surface area contributed by atoms with Crippen LogP contribution in [-0.4, -0.2) is 14.7 Å². The summed E-state index contributed by atoms with van der Waals surface area (Å²) in [4.78, 5) is 26.2. The molecule has 2 rings (SSSR count). The Balaban J connectivity index is 2.22. The van der Waals surface area contributed by atoms with Crippen LogP contribution in [-0.2, 0) is 6.54 Å². The number of hydrogen-bond acceptors (Lipinski definition) is 4. The summed E-state index contributed by atoms with van der Waals surface area (Å²) in [6.07, 6.45) is 0. The number of phenolic OH excluding ortho intramolecular Hbond substituents is 1. The fraction of sp³-hybridized carbons (Fsp3) is 0.286. The van der Waals surface area contributed by atoms with E-state index in [0.29, 0.717) is 17.9 Å². The van der Waals surface area contributed by atoms with Gasteiger partial charge in [-0.25, -0.2) is 4.79 Å². The molecule has 0 aliphatic heterocycles. The topological polar surface area (TPSA) is 87.1 Å². The molecule has 0 radical (unpaired) electrons. The molecule has 0 aliphatic rings. The third-order valence-electron chi connectivity index (χ3n) is 2.94. The average molecular weight is 275 g/mol. The standard InChI is InChI=1S/C14H17N3O3/c1-9(2)17-13(19)7-12(16-14(17)20)15-8-10-5-3-4-6-11(10)18/h3-7,9,15,18H,8H2,1-2H3,(H,16,20). The van der Waals surface area contributed by atoms with Crippen molar-refractivity contribution in [3.8, 4) is 5.75 Å². The Kier molecular flexibility index (Phi) is 3.93. The molecule has 0 saturated heterocycles. The molecule has 1 aromatic heterocycles. The minimum absolute atomic E-state index is 0.165. The van der Waals surface area contributed by atoms with Gasteiger partial charge in [-0.1, -0.05) is 18.2 Å². The predicted molar refractivity (Wildman–Crippen MR) is 77.1 cm³/mol. The fourth-order valence-corrected chi connectivity index (χ4v) is 1.94. The number of hydrogen-bond donors (Lipinski definition) is 3. The van der Waals surface area contributed by atoms with Crippen LogP contribution in [0.3, 0.4) is 0 Å². The van der Waals surface area contributed by atoms with Gasteiger partial charge in [0.05, 0.1) is 0 Å². The van der Waals surface area contributed by atoms with Crippen LogP contribution in [0.4, 0.5) is 5.82 Å². The zero-order valence-electron chi connectivity index (χ0n) is 11.4. The molecule has 0 bridgehead atoms. The predicted octanol–water partition coefficient (Wildman–Crippen LogP) is 1.44. The Morgan fingerprint density at radius 1 is 1.30 bits per heavy atom. The van der Waals surface area contributed by atoms with Crippen molar-refractivity contribution in [3.63, 3.8) is 0 Å². The number of aromatic hydroxyl groups is 1. The molecule has 0 saturated carbocycles. The number of phenols is 1. The summed E-state index contributed by atoms with van der Waals surface area (Å²) in [5, 5.41) is 12.6. The maximum atomic E-state index is 11.8. The number of nitrogens with one attached hydrogen (secondary N) is 2. The molecule has 0 spiro atoms. The van der Waals surface area contributed by atoms with Crippen LogP contribution in [0.25, 0.3) is 0 Å². The summed E-state index contributed by atoms with van der Waals surface area (Å²) in [5.74, 6) is 0.498. The van der Waals surface area contributed by atoms with Crippen molar-refractivity contribution < 1.29 is 5.11 Å². The molecule has 106 valence electrons. The second-order valence-electron chi connectivity index (χ2n) is 4.77. The van der Waals surface area contributed by atoms with E-state index in [2.05, 4.69) is 10.3 Å². The summed E-state index contributed by atoms with van der Waals surface area (Å²) in [6.45, 7) is 3.85. The van der Waals surface area contributed by atoms with Gasteiger partial charge in [0.15, 0.2) is 0 Å². The molecule has 20 heavy (non-hydrogen) atoms. The summed E-state index contributed by atoms with van der Waals surface area (Å²) < 4.78 is 1.14. The highest BCUT2D eigenvalue weighted by Crippen LogP contribution is 2.16. The van der Waals surface area contributed by atoms with Gasteiger partial charge in [-0.15, -0.1) is 0 Å². The largest absolute Gasteiger partial charge is 0.508 e. The number of aromatic amines is 1. The van der Waals surface area contributed by atoms with Crippen molar-refractivity contribution in [1.29, 1.82) is 0 Å². The van der Waals surface area contributed by atoms with E-state index in [4.69, 9.17) is 0 Å². The van der Waals surface area contributed by atoms with Gasteiger partial charge in [0, 0.05) is 24.2 Å². The number of H-pyrrole nitrogens is 1. The van der Waals surface area contributed by atoms with E-state index in [9.17, 15) is 14.7 Å². The van der Waals surface area contributed by atoms with E-state index >= 15 is 0 Å². The minimum atomic E-state index is -0.452. The zero-order chi connectivity index (χ0) is 14.7. The first kappa shape index (κ1) is 13.9. The average Bonchev–Trinajstić information content (AvgIpc) is 2.36. The van der Waals surface area contributed by atoms with E-state index in [0.717, 1.165) is 4.57 Å². The van der Waals surface area contributed by atoms with Crippen LogP contribution in [0.15, 0.2) is 39.9 Å². The van der Waals surface area contributed by atoms with Crippen molar-refractivity contribution >= 4 is 5.82 Å². The van der Waals surface area contributed by atoms with Gasteiger partial charge < -0.3 is 10.4 Å². The molecule has 0 amide bonds. The number of rotatable bonds is 4. The molecular formula is C14H17N3O3. The van der Waals surface area contributed by atoms with Gasteiger partial charge in [-0.2, -0.15) is 0 Å². The highest BCUT2D eigenvalue weighted by atomic mass is 16.3. The van der Waals surface area contributed by atoms with Crippen molar-refractivity contribution in [2.45, 2.75) is 26.4 Å². The van der Waals surface area contributed by atoms with E-state index in [1.165, 1.54) is 6.07 Å². The summed E-state index contributed by atoms with van der Waals surface area (Å²) >= 11 is 0. The number of nitrogens with zero attached hydrogens (tertiary/aromatic N) is 1. The second-order valence-corrected chi connectivity index (χ2v) is 4.77. The summed E-state index contributed by atoms with van der Waals surface area (Å²) in [6, 6.07) is 8.01. The Bertz CT molecular complexity index is 685. The van der Waals surface area contributed by atoms with E-state index in [1.807, 2.05) is 0 Å². The maximum Gasteiger partial charge on any atom is 0.330 e. The zero-order valence-corrected chi connectivity index (χ0v) is 11.4. The second kappa shape index (κ2) is 5.64. The van der Waals surface area contributed by atoms with Crippen LogP contribution in [0, 0.1) is 0 Å². The van der Waals surface area contributed by atoms with E-state index < -0.39 is 5.69 Å². The van der Waals surface area contributed by atoms with Crippen LogP contribution >= 0.6 is 0 Å². The Labute approximate surface area is 115 Å². The highest BCUT2D eigenvalue weighted by molar-refractivity contribution is 5.38. The van der Waals surface area contributed by atoms with Gasteiger partial charge in [0.25, 0.3) is 5.56 Å². The lowest BCUT2D eigenvalue weighted by atomic mass is 10.2. The first-order valence-corrected chi connectivity index (χ1v) is 6.35. The molecule has 2 aromatic rings. The number of aromatic nitrogens is 2. The Hall–Kier alpha value is -2.50. The van der Waals surface area contributed by atoms with Crippen molar-refractivity contribution in [1.82, 2.24) is 9.55 Å². The lowest BCUT2D eigenvalue weighted by molar-refractivity contribution is 0.469. The van der Waals surface area contributed by atoms with E-state index in [1.54, 1.807) is 38.1 Å². The maximum absolute atomic E-state index is 11.8. The van der Waals surface area contributed by atoms with Gasteiger partial charge >= 0.3 is 5.69 Å². The van der Waals surface area contributed by atoms with Crippen LogP contribution in [0.2, 0.25) is 0 Å². The number of para-hydroxylation sites is 1. The summed E-state index contributed by atoms with van der Waals surface area (Å²) in [5.41, 5.74) is -0.128. The van der Waals surface area contributed by atoms with E-state index in [-0.39, 0.29) is 17.4 Å². The minimum Gasteiger partial charge on any atom is -0.508 e. The Morgan fingerprint density at radius 2 is 2.00 bits per heavy atom. The van der Waals surface area contributed by atoms with Crippen LogP contribution < -0.4 is 16.6 Å². The highest BCUT2D eigenvalue weighted by Gasteiger charge is 2.07. The quantitative estimate of drug-likeness (QED) is 0.788. The first-order valence-electron chi connectivity index (χ1n) is 6.35. The summed E-state index contributed by atoms with van der Waals surface area (Å²) in [7, 11) is 0. The smallest absolute Gasteiger partial charge is 0.330 e. The van der Waals surface area contributed by atoms with Crippen molar-refractivity contribution in [2.75, 3.05) is 5.32 Å². The monoisotopic (exact) mass is 275 g/mol. The SMILES string of the molecule is CC(C)n1c(=O)cc(NCc2ccccc2O)[nH]c1=O. The first-order chi connectivity index (χ1) is 9.49. The third kappa shape index (κ3) is 2.90. The molecule has 1 heterocycles. The fourth-order valence-electron chi connectivity index (χ4n) is 1.94. The van der Waals surface area contributed by atoms with Crippen LogP contribution in [0.5, 0.6) is 5.75 Å². The normalized spacial score (nSPS) is 10.8. The molecule has 0 fully saturated rings. The Morgan fingerprint density at radius 3 is 2.60 bits per heavy atom. The van der Waals surface area contributed by atoms with Crippen LogP contribution in [0.1, 0.15) is 25.5 Å². The molecule has 6 heteroatoms. The van der Waals surface area contributed by atoms with Crippen molar-refractivity contribution in [3.05, 3.63) is 56.7 Å². The molecular weight excluding hydrogens is 258 g/mol. The third-order valence-corrected chi connectivity index (χ3v) is 2.94. The van der Waals surface area contributed by atoms with Gasteiger partial charge in [-0.05, 0) is 19.9 Å². The van der Waals surface area contributed by atoms with Gasteiger partial charge in [-0.3, -0.25) is 14.3 Å². The molecule has 3 N–H and O–H groups in total. The van der Waals surface area contributed by atoms with Crippen molar-refractivity contribution in [2.24, 2.45) is 0 Å². The number of anilines is 1. The van der Waals surface area contributed by atoms with Gasteiger partial charge in [0.2, 0.25) is 0 Å². The molecule has 0 aliphatic carbocycles.